The van der Waals surface area contributed by atoms with Gasteiger partial charge in [0.2, 0.25) is 17.6 Å². The summed E-state index contributed by atoms with van der Waals surface area (Å²) in [7, 11) is 0. The largest absolute Gasteiger partial charge is 0.295 e. The fraction of sp³-hybridized carbons (Fsp3) is 0.238. The molecular weight excluding hydrogens is 344 g/mol. The molecule has 0 radical (unpaired) electrons. The second kappa shape index (κ2) is 6.89. The number of carbonyl (C=O) groups is 4. The van der Waals surface area contributed by atoms with Crippen molar-refractivity contribution in [2.75, 3.05) is 0 Å². The molecule has 1 N–H and O–H groups in total. The Hall–Kier alpha value is -3.12. The zero-order chi connectivity index (χ0) is 19.0. The van der Waals surface area contributed by atoms with Gasteiger partial charge in [-0.2, -0.15) is 0 Å². The number of aldehydes is 1. The van der Waals surface area contributed by atoms with Crippen molar-refractivity contribution >= 4 is 23.9 Å². The van der Waals surface area contributed by atoms with Gasteiger partial charge in [-0.15, -0.1) is 0 Å². The van der Waals surface area contributed by atoms with E-state index in [4.69, 9.17) is 0 Å². The zero-order valence-electron chi connectivity index (χ0n) is 14.5. The van der Waals surface area contributed by atoms with Crippen molar-refractivity contribution in [3.8, 4) is 0 Å². The van der Waals surface area contributed by atoms with Crippen LogP contribution in [0, 0.1) is 0 Å². The summed E-state index contributed by atoms with van der Waals surface area (Å²) in [5, 5.41) is 2.44. The maximum atomic E-state index is 12.6. The van der Waals surface area contributed by atoms with Crippen LogP contribution in [0.2, 0.25) is 0 Å². The Morgan fingerprint density at radius 2 is 1.70 bits per heavy atom. The van der Waals surface area contributed by atoms with Crippen molar-refractivity contribution < 1.29 is 19.2 Å². The highest BCUT2D eigenvalue weighted by Crippen LogP contribution is 2.39. The van der Waals surface area contributed by atoms with Crippen molar-refractivity contribution in [1.82, 2.24) is 10.2 Å². The van der Waals surface area contributed by atoms with Gasteiger partial charge in [0.1, 0.15) is 6.04 Å². The number of hydrogen-bond acceptors (Lipinski definition) is 5. The number of Topliss-reactive ketones (excluding diaryl/α,β-unsaturated/α-hetero) is 1. The van der Waals surface area contributed by atoms with Gasteiger partial charge < -0.3 is 0 Å². The Morgan fingerprint density at radius 1 is 1.00 bits per heavy atom. The number of carbonyl (C=O) groups excluding carboxylic acids is 4. The molecule has 0 aromatic heterocycles. The zero-order valence-corrected chi connectivity index (χ0v) is 14.5. The number of rotatable bonds is 4. The standard InChI is InChI=1S/C21H18N2O4/c24-12-18(25)19-15-9-5-4-8-14(15)11-23(19)17-10-16(20(26)22-21(17)27)13-6-2-1-3-7-13/h1-9,12,16-17,19H,10-11H2,(H,22,26,27). The quantitative estimate of drug-likeness (QED) is 0.506. The molecule has 0 saturated carbocycles. The average Bonchev–Trinajstić information content (AvgIpc) is 3.07. The van der Waals surface area contributed by atoms with Crippen LogP contribution < -0.4 is 5.32 Å². The number of nitrogens with zero attached hydrogens (tertiary/aromatic N) is 1. The van der Waals surface area contributed by atoms with Crippen molar-refractivity contribution in [3.05, 3.63) is 71.3 Å². The van der Waals surface area contributed by atoms with Crippen LogP contribution in [-0.4, -0.2) is 34.8 Å². The van der Waals surface area contributed by atoms with Crippen molar-refractivity contribution in [3.63, 3.8) is 0 Å². The van der Waals surface area contributed by atoms with Crippen LogP contribution in [0.15, 0.2) is 54.6 Å². The molecule has 3 atom stereocenters. The molecule has 2 aliphatic heterocycles. The summed E-state index contributed by atoms with van der Waals surface area (Å²) in [6.45, 7) is 0.383. The van der Waals surface area contributed by atoms with E-state index in [2.05, 4.69) is 5.32 Å². The molecule has 0 bridgehead atoms. The smallest absolute Gasteiger partial charge is 0.243 e. The van der Waals surface area contributed by atoms with Gasteiger partial charge in [0.15, 0.2) is 6.29 Å². The van der Waals surface area contributed by atoms with Crippen LogP contribution >= 0.6 is 0 Å². The summed E-state index contributed by atoms with van der Waals surface area (Å²) in [4.78, 5) is 50.3. The first-order valence-corrected chi connectivity index (χ1v) is 8.82. The Morgan fingerprint density at radius 3 is 2.44 bits per heavy atom. The van der Waals surface area contributed by atoms with E-state index >= 15 is 0 Å². The molecule has 3 unspecified atom stereocenters. The van der Waals surface area contributed by atoms with E-state index in [-0.39, 0.29) is 12.3 Å². The number of fused-ring (bicyclic) bond motifs is 1. The Kier molecular flexibility index (Phi) is 4.41. The molecule has 0 spiro atoms. The maximum absolute atomic E-state index is 12.6. The normalized spacial score (nSPS) is 25.0. The fourth-order valence-corrected chi connectivity index (χ4v) is 4.07. The predicted octanol–water partition coefficient (Wildman–Crippen LogP) is 1.51. The summed E-state index contributed by atoms with van der Waals surface area (Å²) in [5.74, 6) is -1.83. The minimum atomic E-state index is -0.793. The summed E-state index contributed by atoms with van der Waals surface area (Å²) < 4.78 is 0. The van der Waals surface area contributed by atoms with E-state index in [1.54, 1.807) is 4.90 Å². The van der Waals surface area contributed by atoms with Crippen molar-refractivity contribution in [2.45, 2.75) is 31.0 Å². The minimum absolute atomic E-state index is 0.269. The SMILES string of the molecule is O=CC(=O)C1c2ccccc2CN1C1CC(c2ccccc2)C(=O)NC1=O. The lowest BCUT2D eigenvalue weighted by Crippen LogP contribution is -2.55. The molecule has 2 amide bonds. The number of benzene rings is 2. The van der Waals surface area contributed by atoms with Gasteiger partial charge in [0.05, 0.1) is 12.0 Å². The lowest BCUT2D eigenvalue weighted by atomic mass is 9.87. The summed E-state index contributed by atoms with van der Waals surface area (Å²) in [6, 6.07) is 15.2. The Labute approximate surface area is 156 Å². The lowest BCUT2D eigenvalue weighted by molar-refractivity contribution is -0.142. The van der Waals surface area contributed by atoms with Gasteiger partial charge in [-0.05, 0) is 23.1 Å². The fourth-order valence-electron chi connectivity index (χ4n) is 4.07. The predicted molar refractivity (Wildman–Crippen MR) is 96.5 cm³/mol. The van der Waals surface area contributed by atoms with Gasteiger partial charge in [0, 0.05) is 6.54 Å². The van der Waals surface area contributed by atoms with E-state index in [1.807, 2.05) is 54.6 Å². The monoisotopic (exact) mass is 362 g/mol. The number of piperidine rings is 1. The van der Waals surface area contributed by atoms with Gasteiger partial charge in [-0.3, -0.25) is 29.4 Å². The van der Waals surface area contributed by atoms with Crippen LogP contribution in [0.3, 0.4) is 0 Å². The van der Waals surface area contributed by atoms with E-state index < -0.39 is 29.7 Å². The highest BCUT2D eigenvalue weighted by Gasteiger charge is 2.45. The molecule has 6 heteroatoms. The van der Waals surface area contributed by atoms with E-state index in [1.165, 1.54) is 0 Å². The van der Waals surface area contributed by atoms with Crippen LogP contribution in [0.1, 0.15) is 35.1 Å². The number of ketones is 1. The molecule has 2 aromatic carbocycles. The van der Waals surface area contributed by atoms with Gasteiger partial charge in [-0.25, -0.2) is 0 Å². The van der Waals surface area contributed by atoms with Crippen molar-refractivity contribution in [1.29, 1.82) is 0 Å². The van der Waals surface area contributed by atoms with Gasteiger partial charge in [-0.1, -0.05) is 54.6 Å². The summed E-state index contributed by atoms with van der Waals surface area (Å²) in [5.41, 5.74) is 2.48. The highest BCUT2D eigenvalue weighted by molar-refractivity contribution is 6.27. The molecule has 27 heavy (non-hydrogen) atoms. The summed E-state index contributed by atoms with van der Waals surface area (Å²) in [6.07, 6.45) is 0.575. The number of nitrogens with one attached hydrogen (secondary N) is 1. The molecule has 0 aliphatic carbocycles. The van der Waals surface area contributed by atoms with Crippen LogP contribution in [0.4, 0.5) is 0 Å². The highest BCUT2D eigenvalue weighted by atomic mass is 16.2. The number of imide groups is 1. The molecule has 136 valence electrons. The molecular formula is C21H18N2O4. The molecule has 2 heterocycles. The van der Waals surface area contributed by atoms with Crippen molar-refractivity contribution in [2.24, 2.45) is 0 Å². The van der Waals surface area contributed by atoms with Crippen LogP contribution in [0.5, 0.6) is 0 Å². The van der Waals surface area contributed by atoms with E-state index in [0.717, 1.165) is 16.7 Å². The van der Waals surface area contributed by atoms with Crippen LogP contribution in [0.25, 0.3) is 0 Å². The van der Waals surface area contributed by atoms with Gasteiger partial charge >= 0.3 is 0 Å². The summed E-state index contributed by atoms with van der Waals surface area (Å²) >= 11 is 0. The van der Waals surface area contributed by atoms with E-state index in [0.29, 0.717) is 12.8 Å². The molecule has 1 fully saturated rings. The van der Waals surface area contributed by atoms with E-state index in [9.17, 15) is 19.2 Å². The Bertz CT molecular complexity index is 925. The maximum Gasteiger partial charge on any atom is 0.243 e. The number of amides is 2. The first kappa shape index (κ1) is 17.3. The first-order chi connectivity index (χ1) is 13.1. The molecule has 1 saturated heterocycles. The third kappa shape index (κ3) is 2.98. The second-order valence-electron chi connectivity index (χ2n) is 6.86. The van der Waals surface area contributed by atoms with Gasteiger partial charge in [0.25, 0.3) is 0 Å². The number of hydrogen-bond donors (Lipinski definition) is 1. The third-order valence-electron chi connectivity index (χ3n) is 5.35. The lowest BCUT2D eigenvalue weighted by Gasteiger charge is -2.36. The van der Waals surface area contributed by atoms with Crippen LogP contribution in [-0.2, 0) is 25.7 Å². The minimum Gasteiger partial charge on any atom is -0.295 e. The topological polar surface area (TPSA) is 83.6 Å². The molecule has 6 nitrogen and oxygen atoms in total. The second-order valence-corrected chi connectivity index (χ2v) is 6.86. The average molecular weight is 362 g/mol. The molecule has 2 aromatic rings. The Balaban J connectivity index is 1.69. The first-order valence-electron chi connectivity index (χ1n) is 8.82. The third-order valence-corrected chi connectivity index (χ3v) is 5.35. The molecule has 4 rings (SSSR count). The molecule has 2 aliphatic rings.